The van der Waals surface area contributed by atoms with Crippen molar-refractivity contribution in [2.24, 2.45) is 5.41 Å². The summed E-state index contributed by atoms with van der Waals surface area (Å²) in [6, 6.07) is 10.2. The zero-order valence-electron chi connectivity index (χ0n) is 12.9. The highest BCUT2D eigenvalue weighted by atomic mass is 19.1. The second-order valence-corrected chi connectivity index (χ2v) is 6.68. The summed E-state index contributed by atoms with van der Waals surface area (Å²) in [7, 11) is 0. The van der Waals surface area contributed by atoms with Gasteiger partial charge in [0.2, 0.25) is 5.91 Å². The standard InChI is InChI=1S/C18H19FN2O2/c19-14-3-1-4-15(9-14)21-13-18(10-17(21)22)6-7-20(12-18)11-16-5-2-8-23-16/h1-5,8-9H,6-7,10-13H2. The molecule has 2 fully saturated rings. The number of rotatable bonds is 3. The molecule has 3 heterocycles. The molecule has 1 spiro atoms. The van der Waals surface area contributed by atoms with Gasteiger partial charge < -0.3 is 9.32 Å². The predicted molar refractivity (Wildman–Crippen MR) is 84.4 cm³/mol. The van der Waals surface area contributed by atoms with Crippen LogP contribution in [0.3, 0.4) is 0 Å². The summed E-state index contributed by atoms with van der Waals surface area (Å²) in [5.41, 5.74) is 0.645. The van der Waals surface area contributed by atoms with E-state index >= 15 is 0 Å². The maximum absolute atomic E-state index is 13.4. The Morgan fingerprint density at radius 3 is 2.91 bits per heavy atom. The molecule has 0 N–H and O–H groups in total. The van der Waals surface area contributed by atoms with Gasteiger partial charge in [-0.2, -0.15) is 0 Å². The minimum absolute atomic E-state index is 0.0179. The van der Waals surface area contributed by atoms with Crippen molar-refractivity contribution in [2.75, 3.05) is 24.5 Å². The number of carbonyl (C=O) groups excluding carboxylic acids is 1. The molecule has 1 aromatic heterocycles. The Morgan fingerprint density at radius 1 is 1.22 bits per heavy atom. The van der Waals surface area contributed by atoms with E-state index in [1.165, 1.54) is 12.1 Å². The fourth-order valence-electron chi connectivity index (χ4n) is 3.83. The van der Waals surface area contributed by atoms with Crippen LogP contribution in [0.1, 0.15) is 18.6 Å². The van der Waals surface area contributed by atoms with E-state index in [0.717, 1.165) is 31.8 Å². The van der Waals surface area contributed by atoms with Crippen LogP contribution in [0.5, 0.6) is 0 Å². The van der Waals surface area contributed by atoms with Crippen molar-refractivity contribution in [1.82, 2.24) is 4.90 Å². The Balaban J connectivity index is 1.48. The number of benzene rings is 1. The lowest BCUT2D eigenvalue weighted by atomic mass is 9.86. The average Bonchev–Trinajstić information content (AvgIpc) is 3.22. The first-order chi connectivity index (χ1) is 11.1. The first-order valence-electron chi connectivity index (χ1n) is 7.94. The van der Waals surface area contributed by atoms with Crippen LogP contribution in [0, 0.1) is 11.2 Å². The topological polar surface area (TPSA) is 36.7 Å². The molecule has 1 aromatic carbocycles. The minimum atomic E-state index is -0.304. The molecule has 1 unspecified atom stereocenters. The van der Waals surface area contributed by atoms with Crippen molar-refractivity contribution in [2.45, 2.75) is 19.4 Å². The second-order valence-electron chi connectivity index (χ2n) is 6.68. The fourth-order valence-corrected chi connectivity index (χ4v) is 3.83. The molecule has 2 aliphatic rings. The molecule has 0 saturated carbocycles. The molecule has 2 aromatic rings. The third-order valence-corrected chi connectivity index (χ3v) is 4.92. The van der Waals surface area contributed by atoms with Crippen LogP contribution in [-0.2, 0) is 11.3 Å². The highest BCUT2D eigenvalue weighted by Gasteiger charge is 2.47. The monoisotopic (exact) mass is 314 g/mol. The fraction of sp³-hybridized carbons (Fsp3) is 0.389. The summed E-state index contributed by atoms with van der Waals surface area (Å²) in [6.07, 6.45) is 3.22. The molecule has 120 valence electrons. The van der Waals surface area contributed by atoms with Gasteiger partial charge in [0.15, 0.2) is 0 Å². The number of halogens is 1. The van der Waals surface area contributed by atoms with Gasteiger partial charge in [-0.15, -0.1) is 0 Å². The van der Waals surface area contributed by atoms with Gasteiger partial charge in [0.05, 0.1) is 12.8 Å². The number of amides is 1. The molecule has 4 rings (SSSR count). The van der Waals surface area contributed by atoms with E-state index in [0.29, 0.717) is 18.7 Å². The van der Waals surface area contributed by atoms with Gasteiger partial charge in [-0.25, -0.2) is 4.39 Å². The predicted octanol–water partition coefficient (Wildman–Crippen LogP) is 3.05. The molecule has 2 saturated heterocycles. The smallest absolute Gasteiger partial charge is 0.227 e. The highest BCUT2D eigenvalue weighted by molar-refractivity contribution is 5.96. The largest absolute Gasteiger partial charge is 0.468 e. The second kappa shape index (κ2) is 5.49. The van der Waals surface area contributed by atoms with Crippen molar-refractivity contribution in [3.05, 3.63) is 54.2 Å². The van der Waals surface area contributed by atoms with E-state index in [4.69, 9.17) is 4.42 Å². The minimum Gasteiger partial charge on any atom is -0.468 e. The van der Waals surface area contributed by atoms with Crippen LogP contribution in [0.25, 0.3) is 0 Å². The maximum Gasteiger partial charge on any atom is 0.227 e. The summed E-state index contributed by atoms with van der Waals surface area (Å²) in [6.45, 7) is 3.29. The molecule has 5 heteroatoms. The Hall–Kier alpha value is -2.14. The van der Waals surface area contributed by atoms with Crippen LogP contribution in [-0.4, -0.2) is 30.4 Å². The van der Waals surface area contributed by atoms with Gasteiger partial charge in [0.25, 0.3) is 0 Å². The Bertz CT molecular complexity index is 716. The number of hydrogen-bond donors (Lipinski definition) is 0. The Kier molecular flexibility index (Phi) is 3.45. The number of anilines is 1. The van der Waals surface area contributed by atoms with E-state index in [1.807, 2.05) is 12.1 Å². The van der Waals surface area contributed by atoms with Gasteiger partial charge in [0.1, 0.15) is 11.6 Å². The zero-order valence-corrected chi connectivity index (χ0v) is 12.9. The first kappa shape index (κ1) is 14.5. The SMILES string of the molecule is O=C1CC2(CCN(Cc3ccco3)C2)CN1c1cccc(F)c1. The summed E-state index contributed by atoms with van der Waals surface area (Å²) < 4.78 is 18.8. The van der Waals surface area contributed by atoms with Crippen LogP contribution in [0.15, 0.2) is 47.1 Å². The highest BCUT2D eigenvalue weighted by Crippen LogP contribution is 2.42. The molecule has 4 nitrogen and oxygen atoms in total. The summed E-state index contributed by atoms with van der Waals surface area (Å²) >= 11 is 0. The summed E-state index contributed by atoms with van der Waals surface area (Å²) in [5, 5.41) is 0. The van der Waals surface area contributed by atoms with Crippen molar-refractivity contribution < 1.29 is 13.6 Å². The number of furan rings is 1. The van der Waals surface area contributed by atoms with E-state index in [-0.39, 0.29) is 17.1 Å². The number of nitrogens with zero attached hydrogens (tertiary/aromatic N) is 2. The summed E-state index contributed by atoms with van der Waals surface area (Å²) in [5.74, 6) is 0.742. The van der Waals surface area contributed by atoms with E-state index in [2.05, 4.69) is 4.90 Å². The molecule has 23 heavy (non-hydrogen) atoms. The lowest BCUT2D eigenvalue weighted by Gasteiger charge is -2.24. The molecular weight excluding hydrogens is 295 g/mol. The zero-order chi connectivity index (χ0) is 15.9. The van der Waals surface area contributed by atoms with Gasteiger partial charge in [-0.05, 0) is 43.3 Å². The van der Waals surface area contributed by atoms with Crippen LogP contribution < -0.4 is 4.90 Å². The van der Waals surface area contributed by atoms with Crippen molar-refractivity contribution in [1.29, 1.82) is 0 Å². The number of hydrogen-bond acceptors (Lipinski definition) is 3. The van der Waals surface area contributed by atoms with E-state index in [9.17, 15) is 9.18 Å². The summed E-state index contributed by atoms with van der Waals surface area (Å²) in [4.78, 5) is 16.5. The molecular formula is C18H19FN2O2. The van der Waals surface area contributed by atoms with Crippen LogP contribution in [0.4, 0.5) is 10.1 Å². The average molecular weight is 314 g/mol. The normalized spacial score (nSPS) is 24.9. The van der Waals surface area contributed by atoms with Crippen LogP contribution in [0.2, 0.25) is 0 Å². The van der Waals surface area contributed by atoms with Gasteiger partial charge in [-0.1, -0.05) is 6.07 Å². The van der Waals surface area contributed by atoms with Crippen molar-refractivity contribution in [3.63, 3.8) is 0 Å². The lowest BCUT2D eigenvalue weighted by Crippen LogP contribution is -2.31. The lowest BCUT2D eigenvalue weighted by molar-refractivity contribution is -0.117. The number of carbonyl (C=O) groups is 1. The Labute approximate surface area is 134 Å². The third kappa shape index (κ3) is 2.77. The molecule has 0 bridgehead atoms. The number of likely N-dealkylation sites (tertiary alicyclic amines) is 1. The maximum atomic E-state index is 13.4. The van der Waals surface area contributed by atoms with E-state index < -0.39 is 0 Å². The molecule has 0 radical (unpaired) electrons. The van der Waals surface area contributed by atoms with Crippen molar-refractivity contribution in [3.8, 4) is 0 Å². The Morgan fingerprint density at radius 2 is 2.13 bits per heavy atom. The molecule has 0 aliphatic carbocycles. The molecule has 2 aliphatic heterocycles. The molecule has 1 amide bonds. The third-order valence-electron chi connectivity index (χ3n) is 4.92. The first-order valence-corrected chi connectivity index (χ1v) is 7.94. The molecule has 1 atom stereocenters. The van der Waals surface area contributed by atoms with Crippen molar-refractivity contribution >= 4 is 11.6 Å². The quantitative estimate of drug-likeness (QED) is 0.874. The van der Waals surface area contributed by atoms with Crippen LogP contribution >= 0.6 is 0 Å². The van der Waals surface area contributed by atoms with E-state index in [1.54, 1.807) is 23.3 Å². The van der Waals surface area contributed by atoms with Gasteiger partial charge in [-0.3, -0.25) is 9.69 Å². The van der Waals surface area contributed by atoms with Gasteiger partial charge >= 0.3 is 0 Å². The van der Waals surface area contributed by atoms with Gasteiger partial charge in [0, 0.05) is 30.6 Å².